The van der Waals surface area contributed by atoms with Gasteiger partial charge in [-0.25, -0.2) is 4.39 Å². The quantitative estimate of drug-likeness (QED) is 0.613. The van der Waals surface area contributed by atoms with Crippen LogP contribution >= 0.6 is 0 Å². The molecule has 1 aliphatic rings. The normalized spacial score (nSPS) is 13.4. The molecule has 1 saturated carbocycles. The SMILES string of the molecule is NCC#Cc1ccc(C(=O)NCCOCC2CC2)c(F)c1. The number of rotatable bonds is 6. The summed E-state index contributed by atoms with van der Waals surface area (Å²) in [5.74, 6) is 5.02. The molecule has 0 saturated heterocycles. The number of halogens is 1. The zero-order valence-corrected chi connectivity index (χ0v) is 11.8. The van der Waals surface area contributed by atoms with Crippen LogP contribution in [0, 0.1) is 23.6 Å². The summed E-state index contributed by atoms with van der Waals surface area (Å²) in [6.07, 6.45) is 2.47. The van der Waals surface area contributed by atoms with Gasteiger partial charge in [-0.1, -0.05) is 11.8 Å². The highest BCUT2D eigenvalue weighted by Gasteiger charge is 2.21. The summed E-state index contributed by atoms with van der Waals surface area (Å²) in [5.41, 5.74) is 5.76. The monoisotopic (exact) mass is 290 g/mol. The minimum absolute atomic E-state index is 0.00971. The lowest BCUT2D eigenvalue weighted by Gasteiger charge is -2.07. The highest BCUT2D eigenvalue weighted by molar-refractivity contribution is 5.94. The molecule has 0 bridgehead atoms. The standard InChI is InChI=1S/C16H19FN2O2/c17-15-10-12(2-1-7-18)5-6-14(15)16(20)19-8-9-21-11-13-3-4-13/h5-6,10,13H,3-4,7-9,11,18H2,(H,19,20). The predicted octanol–water partition coefficient (Wildman–Crippen LogP) is 1.29. The van der Waals surface area contributed by atoms with Crippen molar-refractivity contribution in [2.24, 2.45) is 11.7 Å². The largest absolute Gasteiger partial charge is 0.379 e. The molecule has 0 spiro atoms. The van der Waals surface area contributed by atoms with Crippen LogP contribution in [0.4, 0.5) is 4.39 Å². The molecule has 1 amide bonds. The number of carbonyl (C=O) groups is 1. The molecule has 0 atom stereocenters. The van der Waals surface area contributed by atoms with Crippen molar-refractivity contribution in [1.29, 1.82) is 0 Å². The second-order valence-electron chi connectivity index (χ2n) is 4.97. The van der Waals surface area contributed by atoms with Gasteiger partial charge in [-0.3, -0.25) is 4.79 Å². The maximum Gasteiger partial charge on any atom is 0.254 e. The van der Waals surface area contributed by atoms with Crippen LogP contribution in [0.3, 0.4) is 0 Å². The first-order valence-electron chi connectivity index (χ1n) is 7.05. The van der Waals surface area contributed by atoms with E-state index < -0.39 is 11.7 Å². The van der Waals surface area contributed by atoms with E-state index in [1.54, 1.807) is 6.07 Å². The number of nitrogens with two attached hydrogens (primary N) is 1. The summed E-state index contributed by atoms with van der Waals surface area (Å²) in [6.45, 7) is 1.78. The molecule has 21 heavy (non-hydrogen) atoms. The number of ether oxygens (including phenoxy) is 1. The molecule has 0 radical (unpaired) electrons. The topological polar surface area (TPSA) is 64.4 Å². The Morgan fingerprint density at radius 2 is 2.29 bits per heavy atom. The van der Waals surface area contributed by atoms with Gasteiger partial charge in [-0.15, -0.1) is 0 Å². The Morgan fingerprint density at radius 3 is 2.95 bits per heavy atom. The molecule has 2 rings (SSSR count). The third-order valence-electron chi connectivity index (χ3n) is 3.13. The van der Waals surface area contributed by atoms with Crippen molar-refractivity contribution in [3.63, 3.8) is 0 Å². The number of carbonyl (C=O) groups excluding carboxylic acids is 1. The highest BCUT2D eigenvalue weighted by atomic mass is 19.1. The van der Waals surface area contributed by atoms with E-state index in [1.165, 1.54) is 25.0 Å². The van der Waals surface area contributed by atoms with Gasteiger partial charge in [0.2, 0.25) is 0 Å². The van der Waals surface area contributed by atoms with Gasteiger partial charge in [0, 0.05) is 18.7 Å². The van der Waals surface area contributed by atoms with Crippen molar-refractivity contribution in [3.05, 3.63) is 35.1 Å². The molecule has 1 aliphatic carbocycles. The maximum absolute atomic E-state index is 13.8. The number of amides is 1. The van der Waals surface area contributed by atoms with Crippen LogP contribution in [0.1, 0.15) is 28.8 Å². The maximum atomic E-state index is 13.8. The van der Waals surface area contributed by atoms with E-state index in [9.17, 15) is 9.18 Å². The van der Waals surface area contributed by atoms with Crippen molar-refractivity contribution < 1.29 is 13.9 Å². The summed E-state index contributed by atoms with van der Waals surface area (Å²) in [7, 11) is 0. The van der Waals surface area contributed by atoms with E-state index in [2.05, 4.69) is 17.2 Å². The van der Waals surface area contributed by atoms with E-state index in [1.807, 2.05) is 0 Å². The Balaban J connectivity index is 1.80. The Hall–Kier alpha value is -1.90. The summed E-state index contributed by atoms with van der Waals surface area (Å²) >= 11 is 0. The molecule has 0 unspecified atom stereocenters. The molecule has 1 aromatic carbocycles. The van der Waals surface area contributed by atoms with Gasteiger partial charge in [0.05, 0.1) is 18.7 Å². The zero-order valence-electron chi connectivity index (χ0n) is 11.8. The third kappa shape index (κ3) is 5.18. The summed E-state index contributed by atoms with van der Waals surface area (Å²) in [4.78, 5) is 11.8. The predicted molar refractivity (Wildman–Crippen MR) is 78.2 cm³/mol. The van der Waals surface area contributed by atoms with Crippen molar-refractivity contribution in [1.82, 2.24) is 5.32 Å². The molecule has 112 valence electrons. The first-order valence-corrected chi connectivity index (χ1v) is 7.05. The van der Waals surface area contributed by atoms with Crippen molar-refractivity contribution in [2.45, 2.75) is 12.8 Å². The molecular formula is C16H19FN2O2. The van der Waals surface area contributed by atoms with E-state index in [-0.39, 0.29) is 12.1 Å². The molecule has 0 aliphatic heterocycles. The fraction of sp³-hybridized carbons (Fsp3) is 0.438. The van der Waals surface area contributed by atoms with Gasteiger partial charge in [0.1, 0.15) is 5.82 Å². The lowest BCUT2D eigenvalue weighted by molar-refractivity contribution is 0.0903. The van der Waals surface area contributed by atoms with Gasteiger partial charge in [0.15, 0.2) is 0 Å². The van der Waals surface area contributed by atoms with E-state index in [0.29, 0.717) is 24.6 Å². The summed E-state index contributed by atoms with van der Waals surface area (Å²) in [5, 5.41) is 2.64. The Labute approximate surface area is 123 Å². The molecule has 1 aromatic rings. The highest BCUT2D eigenvalue weighted by Crippen LogP contribution is 2.28. The molecule has 5 heteroatoms. The Bertz CT molecular complexity index is 559. The molecule has 0 aromatic heterocycles. The zero-order chi connectivity index (χ0) is 15.1. The average molecular weight is 290 g/mol. The van der Waals surface area contributed by atoms with Gasteiger partial charge in [0.25, 0.3) is 5.91 Å². The fourth-order valence-electron chi connectivity index (χ4n) is 1.80. The van der Waals surface area contributed by atoms with Crippen molar-refractivity contribution >= 4 is 5.91 Å². The second-order valence-corrected chi connectivity index (χ2v) is 4.97. The Kier molecular flexibility index (Phi) is 5.73. The van der Waals surface area contributed by atoms with Crippen LogP contribution in [-0.4, -0.2) is 32.2 Å². The molecule has 1 fully saturated rings. The van der Waals surface area contributed by atoms with Crippen LogP contribution in [0.25, 0.3) is 0 Å². The van der Waals surface area contributed by atoms with Crippen molar-refractivity contribution in [3.8, 4) is 11.8 Å². The average Bonchev–Trinajstić information content (AvgIpc) is 3.28. The lowest BCUT2D eigenvalue weighted by atomic mass is 10.1. The molecule has 4 nitrogen and oxygen atoms in total. The molecule has 3 N–H and O–H groups in total. The van der Waals surface area contributed by atoms with Crippen LogP contribution in [0.2, 0.25) is 0 Å². The van der Waals surface area contributed by atoms with Crippen molar-refractivity contribution in [2.75, 3.05) is 26.3 Å². The Morgan fingerprint density at radius 1 is 1.48 bits per heavy atom. The van der Waals surface area contributed by atoms with Gasteiger partial charge in [-0.05, 0) is 37.0 Å². The van der Waals surface area contributed by atoms with E-state index in [0.717, 1.165) is 6.61 Å². The lowest BCUT2D eigenvalue weighted by Crippen LogP contribution is -2.28. The number of nitrogens with one attached hydrogen (secondary N) is 1. The summed E-state index contributed by atoms with van der Waals surface area (Å²) in [6, 6.07) is 4.27. The van der Waals surface area contributed by atoms with E-state index >= 15 is 0 Å². The minimum atomic E-state index is -0.588. The first-order chi connectivity index (χ1) is 10.2. The number of hydrogen-bond acceptors (Lipinski definition) is 3. The van der Waals surface area contributed by atoms with Gasteiger partial charge < -0.3 is 15.8 Å². The fourth-order valence-corrected chi connectivity index (χ4v) is 1.80. The number of benzene rings is 1. The van der Waals surface area contributed by atoms with Gasteiger partial charge in [-0.2, -0.15) is 0 Å². The second kappa shape index (κ2) is 7.77. The van der Waals surface area contributed by atoms with Crippen LogP contribution < -0.4 is 11.1 Å². The summed E-state index contributed by atoms with van der Waals surface area (Å²) < 4.78 is 19.2. The third-order valence-corrected chi connectivity index (χ3v) is 3.13. The van der Waals surface area contributed by atoms with Crippen LogP contribution in [0.5, 0.6) is 0 Å². The van der Waals surface area contributed by atoms with E-state index in [4.69, 9.17) is 10.5 Å². The van der Waals surface area contributed by atoms with Crippen LogP contribution in [0.15, 0.2) is 18.2 Å². The molecule has 0 heterocycles. The van der Waals surface area contributed by atoms with Crippen LogP contribution in [-0.2, 0) is 4.74 Å². The number of hydrogen-bond donors (Lipinski definition) is 2. The van der Waals surface area contributed by atoms with Gasteiger partial charge >= 0.3 is 0 Å². The minimum Gasteiger partial charge on any atom is -0.379 e. The first kappa shape index (κ1) is 15.5. The molecular weight excluding hydrogens is 271 g/mol. The smallest absolute Gasteiger partial charge is 0.254 e.